The fraction of sp³-hybridized carbons (Fsp3) is 0.429. The minimum atomic E-state index is -0.520. The first-order chi connectivity index (χ1) is 9.38. The molecule has 1 N–H and O–H groups in total. The van der Waals surface area contributed by atoms with Gasteiger partial charge in [-0.3, -0.25) is 9.59 Å². The highest BCUT2D eigenvalue weighted by atomic mass is 79.9. The highest BCUT2D eigenvalue weighted by Gasteiger charge is 2.34. The lowest BCUT2D eigenvalue weighted by atomic mass is 10.0. The van der Waals surface area contributed by atoms with Gasteiger partial charge in [-0.25, -0.2) is 4.39 Å². The second-order valence-electron chi connectivity index (χ2n) is 5.27. The van der Waals surface area contributed by atoms with E-state index < -0.39 is 11.9 Å². The van der Waals surface area contributed by atoms with E-state index in [0.29, 0.717) is 22.5 Å². The van der Waals surface area contributed by atoms with Crippen LogP contribution in [0.15, 0.2) is 22.7 Å². The molecule has 2 rings (SSSR count). The van der Waals surface area contributed by atoms with E-state index in [1.807, 2.05) is 13.8 Å². The van der Waals surface area contributed by atoms with Crippen LogP contribution in [0, 0.1) is 11.7 Å². The molecular formula is C14H16BrFN2O2. The molecule has 1 aromatic carbocycles. The van der Waals surface area contributed by atoms with Crippen molar-refractivity contribution >= 4 is 33.4 Å². The van der Waals surface area contributed by atoms with Gasteiger partial charge in [-0.2, -0.15) is 0 Å². The Balaban J connectivity index is 2.30. The molecule has 0 saturated carbocycles. The molecular weight excluding hydrogens is 327 g/mol. The first-order valence-electron chi connectivity index (χ1n) is 6.44. The van der Waals surface area contributed by atoms with Crippen molar-refractivity contribution in [3.8, 4) is 0 Å². The summed E-state index contributed by atoms with van der Waals surface area (Å²) in [5, 5.41) is 2.71. The molecule has 0 radical (unpaired) electrons. The number of nitrogens with one attached hydrogen (secondary N) is 1. The van der Waals surface area contributed by atoms with Gasteiger partial charge >= 0.3 is 0 Å². The van der Waals surface area contributed by atoms with E-state index in [2.05, 4.69) is 21.2 Å². The lowest BCUT2D eigenvalue weighted by Gasteiger charge is -2.33. The van der Waals surface area contributed by atoms with E-state index in [1.165, 1.54) is 23.1 Å². The quantitative estimate of drug-likeness (QED) is 0.917. The van der Waals surface area contributed by atoms with Gasteiger partial charge in [0.15, 0.2) is 0 Å². The third kappa shape index (κ3) is 3.17. The van der Waals surface area contributed by atoms with Crippen LogP contribution in [0.25, 0.3) is 0 Å². The third-order valence-corrected chi connectivity index (χ3v) is 3.74. The third-order valence-electron chi connectivity index (χ3n) is 3.11. The molecule has 0 aromatic heterocycles. The van der Waals surface area contributed by atoms with Gasteiger partial charge in [0.05, 0.1) is 5.69 Å². The lowest BCUT2D eigenvalue weighted by molar-refractivity contribution is -0.131. The second kappa shape index (κ2) is 5.91. The fourth-order valence-corrected chi connectivity index (χ4v) is 2.81. The van der Waals surface area contributed by atoms with Crippen LogP contribution in [0.4, 0.5) is 10.1 Å². The number of hydrogen-bond acceptors (Lipinski definition) is 2. The van der Waals surface area contributed by atoms with Gasteiger partial charge in [0, 0.05) is 4.47 Å². The predicted octanol–water partition coefficient (Wildman–Crippen LogP) is 2.47. The van der Waals surface area contributed by atoms with Crippen LogP contribution in [0.2, 0.25) is 0 Å². The van der Waals surface area contributed by atoms with Gasteiger partial charge in [-0.1, -0.05) is 13.8 Å². The zero-order valence-corrected chi connectivity index (χ0v) is 12.9. The van der Waals surface area contributed by atoms with Crippen LogP contribution in [0.5, 0.6) is 0 Å². The smallest absolute Gasteiger partial charge is 0.250 e. The largest absolute Gasteiger partial charge is 0.343 e. The van der Waals surface area contributed by atoms with Crippen molar-refractivity contribution < 1.29 is 14.0 Å². The highest BCUT2D eigenvalue weighted by Crippen LogP contribution is 2.29. The average Bonchev–Trinajstić information content (AvgIpc) is 2.33. The minimum Gasteiger partial charge on any atom is -0.343 e. The van der Waals surface area contributed by atoms with Gasteiger partial charge < -0.3 is 10.2 Å². The molecule has 1 aliphatic heterocycles. The molecule has 1 unspecified atom stereocenters. The maximum Gasteiger partial charge on any atom is 0.250 e. The lowest BCUT2D eigenvalue weighted by Crippen LogP contribution is -2.58. The molecule has 6 heteroatoms. The van der Waals surface area contributed by atoms with Crippen molar-refractivity contribution in [2.45, 2.75) is 26.3 Å². The van der Waals surface area contributed by atoms with Crippen LogP contribution >= 0.6 is 15.9 Å². The molecule has 1 fully saturated rings. The molecule has 108 valence electrons. The molecule has 1 heterocycles. The Labute approximate surface area is 125 Å². The van der Waals surface area contributed by atoms with Crippen LogP contribution in [-0.4, -0.2) is 24.4 Å². The number of carbonyl (C=O) groups is 2. The van der Waals surface area contributed by atoms with Gasteiger partial charge in [0.2, 0.25) is 11.8 Å². The molecule has 2 amide bonds. The number of rotatable bonds is 3. The predicted molar refractivity (Wildman–Crippen MR) is 77.8 cm³/mol. The SMILES string of the molecule is CC(C)CC1NC(=O)CN(c2ccc(F)cc2Br)C1=O. The van der Waals surface area contributed by atoms with Gasteiger partial charge in [-0.15, -0.1) is 0 Å². The summed E-state index contributed by atoms with van der Waals surface area (Å²) in [5.74, 6) is -0.466. The van der Waals surface area contributed by atoms with E-state index >= 15 is 0 Å². The van der Waals surface area contributed by atoms with E-state index in [0.717, 1.165) is 0 Å². The summed E-state index contributed by atoms with van der Waals surface area (Å²) in [6, 6.07) is 3.54. The van der Waals surface area contributed by atoms with E-state index in [4.69, 9.17) is 0 Å². The Bertz CT molecular complexity index is 548. The zero-order chi connectivity index (χ0) is 14.9. The second-order valence-corrected chi connectivity index (χ2v) is 6.12. The number of halogens is 2. The topological polar surface area (TPSA) is 49.4 Å². The first-order valence-corrected chi connectivity index (χ1v) is 7.23. The molecule has 0 spiro atoms. The van der Waals surface area contributed by atoms with Crippen LogP contribution in [0.3, 0.4) is 0 Å². The summed E-state index contributed by atoms with van der Waals surface area (Å²) in [6.45, 7) is 3.94. The summed E-state index contributed by atoms with van der Waals surface area (Å²) >= 11 is 3.24. The Hall–Kier alpha value is -1.43. The minimum absolute atomic E-state index is 0.0440. The summed E-state index contributed by atoms with van der Waals surface area (Å²) in [6.07, 6.45) is 0.583. The maximum absolute atomic E-state index is 13.1. The number of amides is 2. The molecule has 0 bridgehead atoms. The fourth-order valence-electron chi connectivity index (χ4n) is 2.25. The number of benzene rings is 1. The van der Waals surface area contributed by atoms with E-state index in [1.54, 1.807) is 0 Å². The molecule has 1 aliphatic rings. The van der Waals surface area contributed by atoms with Crippen molar-refractivity contribution in [3.63, 3.8) is 0 Å². The Morgan fingerprint density at radius 1 is 1.45 bits per heavy atom. The monoisotopic (exact) mass is 342 g/mol. The van der Waals surface area contributed by atoms with Crippen molar-refractivity contribution in [3.05, 3.63) is 28.5 Å². The Morgan fingerprint density at radius 2 is 2.15 bits per heavy atom. The highest BCUT2D eigenvalue weighted by molar-refractivity contribution is 9.10. The van der Waals surface area contributed by atoms with Gasteiger partial charge in [-0.05, 0) is 46.5 Å². The van der Waals surface area contributed by atoms with Crippen molar-refractivity contribution in [2.75, 3.05) is 11.4 Å². The van der Waals surface area contributed by atoms with Crippen molar-refractivity contribution in [2.24, 2.45) is 5.92 Å². The maximum atomic E-state index is 13.1. The normalized spacial score (nSPS) is 19.4. The Kier molecular flexibility index (Phi) is 4.42. The molecule has 0 aliphatic carbocycles. The number of anilines is 1. The van der Waals surface area contributed by atoms with Gasteiger partial charge in [0.25, 0.3) is 0 Å². The summed E-state index contributed by atoms with van der Waals surface area (Å²) in [4.78, 5) is 25.6. The zero-order valence-electron chi connectivity index (χ0n) is 11.3. The molecule has 1 aromatic rings. The summed E-state index contributed by atoms with van der Waals surface area (Å²) in [7, 11) is 0. The molecule has 20 heavy (non-hydrogen) atoms. The van der Waals surface area contributed by atoms with Crippen LogP contribution in [-0.2, 0) is 9.59 Å². The molecule has 1 saturated heterocycles. The number of carbonyl (C=O) groups excluding carboxylic acids is 2. The molecule has 1 atom stereocenters. The standard InChI is InChI=1S/C14H16BrFN2O2/c1-8(2)5-11-14(20)18(7-13(19)17-11)12-4-3-9(16)6-10(12)15/h3-4,6,8,11H,5,7H2,1-2H3,(H,17,19). The van der Waals surface area contributed by atoms with Crippen molar-refractivity contribution in [1.82, 2.24) is 5.32 Å². The number of nitrogens with zero attached hydrogens (tertiary/aromatic N) is 1. The summed E-state index contributed by atoms with van der Waals surface area (Å²) < 4.78 is 13.6. The van der Waals surface area contributed by atoms with Crippen molar-refractivity contribution in [1.29, 1.82) is 0 Å². The average molecular weight is 343 g/mol. The Morgan fingerprint density at radius 3 is 2.75 bits per heavy atom. The van der Waals surface area contributed by atoms with Crippen LogP contribution < -0.4 is 10.2 Å². The van der Waals surface area contributed by atoms with Crippen LogP contribution in [0.1, 0.15) is 20.3 Å². The van der Waals surface area contributed by atoms with E-state index in [9.17, 15) is 14.0 Å². The first kappa shape index (κ1) is 15.0. The molecule has 4 nitrogen and oxygen atoms in total. The number of hydrogen-bond donors (Lipinski definition) is 1. The number of piperazine rings is 1. The summed E-state index contributed by atoms with van der Waals surface area (Å²) in [5.41, 5.74) is 0.514. The van der Waals surface area contributed by atoms with Gasteiger partial charge in [0.1, 0.15) is 18.4 Å². The van der Waals surface area contributed by atoms with E-state index in [-0.39, 0.29) is 18.4 Å².